The summed E-state index contributed by atoms with van der Waals surface area (Å²) in [7, 11) is 0. The normalized spacial score (nSPS) is 11.0. The predicted octanol–water partition coefficient (Wildman–Crippen LogP) is 3.71. The SMILES string of the molecule is O=C(CSc1nnc(COc2ccc(Cl)cc2)o1)c1ccc2[nH]c(=O)oc2c1. The molecule has 0 amide bonds. The maximum absolute atomic E-state index is 12.3. The van der Waals surface area contributed by atoms with Crippen molar-refractivity contribution in [3.05, 3.63) is 69.5 Å². The summed E-state index contributed by atoms with van der Waals surface area (Å²) in [6, 6.07) is 11.7. The molecule has 1 N–H and O–H groups in total. The Hall–Kier alpha value is -3.04. The molecule has 2 aromatic carbocycles. The number of aromatic nitrogens is 3. The standard InChI is InChI=1S/C18H12ClN3O5S/c19-11-2-4-12(5-3-11)25-8-16-21-22-18(27-16)28-9-14(23)10-1-6-13-15(7-10)26-17(24)20-13/h1-7H,8-9H2,(H,20,24). The van der Waals surface area contributed by atoms with E-state index in [0.717, 1.165) is 11.8 Å². The number of fused-ring (bicyclic) bond motifs is 1. The third kappa shape index (κ3) is 4.26. The molecular formula is C18H12ClN3O5S. The molecule has 0 saturated carbocycles. The fourth-order valence-corrected chi connectivity index (χ4v) is 3.16. The van der Waals surface area contributed by atoms with Crippen LogP contribution in [0.15, 0.2) is 61.3 Å². The second kappa shape index (κ2) is 7.91. The van der Waals surface area contributed by atoms with Crippen molar-refractivity contribution in [3.8, 4) is 5.75 Å². The summed E-state index contributed by atoms with van der Waals surface area (Å²) < 4.78 is 16.0. The third-order valence-electron chi connectivity index (χ3n) is 3.69. The number of Topliss-reactive ketones (excluding diaryl/α,β-unsaturated/α-hetero) is 1. The molecule has 2 aromatic heterocycles. The summed E-state index contributed by atoms with van der Waals surface area (Å²) in [5.74, 6) is 0.292. The first kappa shape index (κ1) is 18.3. The van der Waals surface area contributed by atoms with Gasteiger partial charge in [0.15, 0.2) is 18.0 Å². The van der Waals surface area contributed by atoms with Gasteiger partial charge in [-0.05, 0) is 42.5 Å². The van der Waals surface area contributed by atoms with E-state index in [4.69, 9.17) is 25.2 Å². The van der Waals surface area contributed by atoms with Crippen molar-refractivity contribution in [3.63, 3.8) is 0 Å². The number of nitrogens with zero attached hydrogens (tertiary/aromatic N) is 2. The molecule has 28 heavy (non-hydrogen) atoms. The van der Waals surface area contributed by atoms with Gasteiger partial charge in [0.2, 0.25) is 0 Å². The Bertz CT molecular complexity index is 1180. The molecule has 142 valence electrons. The van der Waals surface area contributed by atoms with Crippen molar-refractivity contribution in [1.82, 2.24) is 15.2 Å². The first-order valence-corrected chi connectivity index (χ1v) is 9.43. The highest BCUT2D eigenvalue weighted by molar-refractivity contribution is 7.99. The number of oxazole rings is 1. The maximum atomic E-state index is 12.3. The zero-order valence-corrected chi connectivity index (χ0v) is 15.7. The van der Waals surface area contributed by atoms with Gasteiger partial charge in [0.05, 0.1) is 11.3 Å². The lowest BCUT2D eigenvalue weighted by Gasteiger charge is -2.02. The summed E-state index contributed by atoms with van der Waals surface area (Å²) in [5.41, 5.74) is 1.30. The number of nitrogens with one attached hydrogen (secondary N) is 1. The Morgan fingerprint density at radius 2 is 1.96 bits per heavy atom. The molecule has 0 saturated heterocycles. The third-order valence-corrected chi connectivity index (χ3v) is 4.76. The average molecular weight is 418 g/mol. The molecule has 0 aliphatic carbocycles. The van der Waals surface area contributed by atoms with E-state index in [1.807, 2.05) is 0 Å². The van der Waals surface area contributed by atoms with Crippen LogP contribution in [0.3, 0.4) is 0 Å². The molecular weight excluding hydrogens is 406 g/mol. The molecule has 0 spiro atoms. The summed E-state index contributed by atoms with van der Waals surface area (Å²) >= 11 is 6.93. The molecule has 0 aliphatic rings. The van der Waals surface area contributed by atoms with E-state index in [2.05, 4.69) is 15.2 Å². The van der Waals surface area contributed by atoms with Crippen molar-refractivity contribution < 1.29 is 18.4 Å². The highest BCUT2D eigenvalue weighted by Crippen LogP contribution is 2.21. The Morgan fingerprint density at radius 3 is 2.79 bits per heavy atom. The number of carbonyl (C=O) groups is 1. The molecule has 4 aromatic rings. The second-order valence-electron chi connectivity index (χ2n) is 5.64. The molecule has 4 rings (SSSR count). The molecule has 0 radical (unpaired) electrons. The summed E-state index contributed by atoms with van der Waals surface area (Å²) in [5, 5.41) is 8.66. The van der Waals surface area contributed by atoms with E-state index < -0.39 is 5.76 Å². The minimum atomic E-state index is -0.562. The topological polar surface area (TPSA) is 111 Å². The molecule has 0 fully saturated rings. The Kier molecular flexibility index (Phi) is 5.18. The van der Waals surface area contributed by atoms with Crippen molar-refractivity contribution in [2.24, 2.45) is 0 Å². The van der Waals surface area contributed by atoms with Crippen LogP contribution in [0.1, 0.15) is 16.2 Å². The van der Waals surface area contributed by atoms with Crippen LogP contribution in [0.25, 0.3) is 11.1 Å². The molecule has 8 nitrogen and oxygen atoms in total. The van der Waals surface area contributed by atoms with E-state index >= 15 is 0 Å². The van der Waals surface area contributed by atoms with E-state index in [-0.39, 0.29) is 23.4 Å². The second-order valence-corrected chi connectivity index (χ2v) is 7.00. The zero-order valence-electron chi connectivity index (χ0n) is 14.2. The summed E-state index contributed by atoms with van der Waals surface area (Å²) in [6.45, 7) is 0.104. The van der Waals surface area contributed by atoms with Gasteiger partial charge in [-0.3, -0.25) is 9.78 Å². The van der Waals surface area contributed by atoms with Crippen LogP contribution in [0.4, 0.5) is 0 Å². The number of ether oxygens (including phenoxy) is 1. The zero-order chi connectivity index (χ0) is 19.5. The number of thioether (sulfide) groups is 1. The number of ketones is 1. The van der Waals surface area contributed by atoms with Crippen molar-refractivity contribution in [1.29, 1.82) is 0 Å². The van der Waals surface area contributed by atoms with Gasteiger partial charge in [0.25, 0.3) is 11.1 Å². The highest BCUT2D eigenvalue weighted by Gasteiger charge is 2.13. The minimum absolute atomic E-state index is 0.0971. The molecule has 2 heterocycles. The molecule has 0 aliphatic heterocycles. The highest BCUT2D eigenvalue weighted by atomic mass is 35.5. The summed E-state index contributed by atoms with van der Waals surface area (Å²) in [4.78, 5) is 26.0. The number of carbonyl (C=O) groups excluding carboxylic acids is 1. The van der Waals surface area contributed by atoms with Gasteiger partial charge < -0.3 is 13.6 Å². The van der Waals surface area contributed by atoms with Crippen molar-refractivity contribution >= 4 is 40.2 Å². The molecule has 0 unspecified atom stereocenters. The lowest BCUT2D eigenvalue weighted by Crippen LogP contribution is -2.02. The van der Waals surface area contributed by atoms with Gasteiger partial charge in [-0.1, -0.05) is 23.4 Å². The lowest BCUT2D eigenvalue weighted by molar-refractivity contribution is 0.102. The van der Waals surface area contributed by atoms with Crippen LogP contribution in [0, 0.1) is 0 Å². The number of rotatable bonds is 7. The quantitative estimate of drug-likeness (QED) is 0.358. The van der Waals surface area contributed by atoms with Crippen LogP contribution in [0.2, 0.25) is 5.02 Å². The number of H-pyrrole nitrogens is 1. The van der Waals surface area contributed by atoms with Gasteiger partial charge in [-0.2, -0.15) is 0 Å². The molecule has 0 atom stereocenters. The first-order chi connectivity index (χ1) is 13.6. The van der Waals surface area contributed by atoms with Crippen LogP contribution >= 0.6 is 23.4 Å². The first-order valence-electron chi connectivity index (χ1n) is 8.06. The fraction of sp³-hybridized carbons (Fsp3) is 0.111. The Labute approximate surface area is 166 Å². The van der Waals surface area contributed by atoms with E-state index in [1.165, 1.54) is 6.07 Å². The van der Waals surface area contributed by atoms with Crippen molar-refractivity contribution in [2.75, 3.05) is 5.75 Å². The van der Waals surface area contributed by atoms with E-state index in [1.54, 1.807) is 36.4 Å². The number of aromatic amines is 1. The number of halogens is 1. The van der Waals surface area contributed by atoms with Gasteiger partial charge in [-0.25, -0.2) is 4.79 Å². The number of hydrogen-bond acceptors (Lipinski definition) is 8. The monoisotopic (exact) mass is 417 g/mol. The van der Waals surface area contributed by atoms with E-state index in [0.29, 0.717) is 33.3 Å². The predicted molar refractivity (Wildman–Crippen MR) is 102 cm³/mol. The van der Waals surface area contributed by atoms with E-state index in [9.17, 15) is 9.59 Å². The largest absolute Gasteiger partial charge is 0.484 e. The Balaban J connectivity index is 1.33. The molecule has 10 heteroatoms. The fourth-order valence-electron chi connectivity index (χ4n) is 2.36. The maximum Gasteiger partial charge on any atom is 0.417 e. The summed E-state index contributed by atoms with van der Waals surface area (Å²) in [6.07, 6.45) is 0. The van der Waals surface area contributed by atoms with Crippen LogP contribution in [0.5, 0.6) is 5.75 Å². The van der Waals surface area contributed by atoms with Gasteiger partial charge in [-0.15, -0.1) is 10.2 Å². The lowest BCUT2D eigenvalue weighted by atomic mass is 10.1. The van der Waals surface area contributed by atoms with Gasteiger partial charge >= 0.3 is 5.76 Å². The Morgan fingerprint density at radius 1 is 1.14 bits per heavy atom. The van der Waals surface area contributed by atoms with Gasteiger partial charge in [0, 0.05) is 10.6 Å². The number of benzene rings is 2. The smallest absolute Gasteiger partial charge is 0.417 e. The average Bonchev–Trinajstić information content (AvgIpc) is 3.30. The number of hydrogen-bond donors (Lipinski definition) is 1. The van der Waals surface area contributed by atoms with Crippen molar-refractivity contribution in [2.45, 2.75) is 11.8 Å². The van der Waals surface area contributed by atoms with Gasteiger partial charge in [0.1, 0.15) is 5.75 Å². The van der Waals surface area contributed by atoms with Crippen LogP contribution in [-0.2, 0) is 6.61 Å². The van der Waals surface area contributed by atoms with Crippen LogP contribution < -0.4 is 10.5 Å². The molecule has 0 bridgehead atoms. The van der Waals surface area contributed by atoms with Crippen LogP contribution in [-0.4, -0.2) is 26.7 Å². The minimum Gasteiger partial charge on any atom is -0.484 e.